The fourth-order valence-corrected chi connectivity index (χ4v) is 1.92. The predicted molar refractivity (Wildman–Crippen MR) is 79.1 cm³/mol. The van der Waals surface area contributed by atoms with Gasteiger partial charge in [-0.2, -0.15) is 0 Å². The van der Waals surface area contributed by atoms with Crippen LogP contribution in [0.2, 0.25) is 0 Å². The van der Waals surface area contributed by atoms with Crippen LogP contribution in [0.4, 0.5) is 0 Å². The van der Waals surface area contributed by atoms with Gasteiger partial charge in [-0.25, -0.2) is 0 Å². The molecule has 1 rings (SSSR count). The Kier molecular flexibility index (Phi) is 6.73. The number of aryl methyl sites for hydroxylation is 1. The summed E-state index contributed by atoms with van der Waals surface area (Å²) in [5, 5.41) is 2.51. The normalized spacial score (nSPS) is 11.8. The minimum Gasteiger partial charge on any atom is -0.358 e. The molecule has 20 heavy (non-hydrogen) atoms. The van der Waals surface area contributed by atoms with Crippen LogP contribution in [-0.4, -0.2) is 42.9 Å². The van der Waals surface area contributed by atoms with Crippen molar-refractivity contribution in [2.24, 2.45) is 5.73 Å². The standard InChI is InChI=1S/C15H23N3O2/c1-3-18(11-14(19)17-2)15(20)13(16)10-9-12-7-5-4-6-8-12/h4-8,13H,3,9-11,16H2,1-2H3,(H,17,19). The van der Waals surface area contributed by atoms with Gasteiger partial charge in [0.25, 0.3) is 0 Å². The van der Waals surface area contributed by atoms with Crippen LogP contribution in [0, 0.1) is 0 Å². The van der Waals surface area contributed by atoms with Crippen LogP contribution in [0.3, 0.4) is 0 Å². The van der Waals surface area contributed by atoms with E-state index in [9.17, 15) is 9.59 Å². The second-order valence-electron chi connectivity index (χ2n) is 4.66. The Bertz CT molecular complexity index is 434. The van der Waals surface area contributed by atoms with Crippen molar-refractivity contribution < 1.29 is 9.59 Å². The zero-order valence-electron chi connectivity index (χ0n) is 12.1. The maximum absolute atomic E-state index is 12.2. The summed E-state index contributed by atoms with van der Waals surface area (Å²) < 4.78 is 0. The lowest BCUT2D eigenvalue weighted by Gasteiger charge is -2.23. The molecule has 0 bridgehead atoms. The van der Waals surface area contributed by atoms with Crippen LogP contribution in [-0.2, 0) is 16.0 Å². The highest BCUT2D eigenvalue weighted by Crippen LogP contribution is 2.06. The van der Waals surface area contributed by atoms with E-state index in [-0.39, 0.29) is 18.4 Å². The topological polar surface area (TPSA) is 75.4 Å². The van der Waals surface area contributed by atoms with E-state index >= 15 is 0 Å². The number of nitrogens with two attached hydrogens (primary N) is 1. The first kappa shape index (κ1) is 16.2. The summed E-state index contributed by atoms with van der Waals surface area (Å²) in [4.78, 5) is 25.0. The number of rotatable bonds is 7. The summed E-state index contributed by atoms with van der Waals surface area (Å²) in [6.45, 7) is 2.38. The van der Waals surface area contributed by atoms with E-state index in [1.165, 1.54) is 4.90 Å². The lowest BCUT2D eigenvalue weighted by atomic mass is 10.0. The van der Waals surface area contributed by atoms with Crippen molar-refractivity contribution in [2.75, 3.05) is 20.1 Å². The molecular weight excluding hydrogens is 254 g/mol. The average molecular weight is 277 g/mol. The number of carbonyl (C=O) groups excluding carboxylic acids is 2. The molecule has 1 unspecified atom stereocenters. The molecule has 1 aromatic carbocycles. The van der Waals surface area contributed by atoms with Crippen LogP contribution >= 0.6 is 0 Å². The molecular formula is C15H23N3O2. The summed E-state index contributed by atoms with van der Waals surface area (Å²) in [5.74, 6) is -0.359. The smallest absolute Gasteiger partial charge is 0.239 e. The maximum Gasteiger partial charge on any atom is 0.239 e. The molecule has 0 saturated carbocycles. The van der Waals surface area contributed by atoms with Crippen molar-refractivity contribution in [3.8, 4) is 0 Å². The van der Waals surface area contributed by atoms with Crippen LogP contribution in [0.25, 0.3) is 0 Å². The summed E-state index contributed by atoms with van der Waals surface area (Å²) in [7, 11) is 1.55. The van der Waals surface area contributed by atoms with Crippen molar-refractivity contribution in [1.82, 2.24) is 10.2 Å². The van der Waals surface area contributed by atoms with E-state index in [1.807, 2.05) is 37.3 Å². The lowest BCUT2D eigenvalue weighted by molar-refractivity contribution is -0.136. The van der Waals surface area contributed by atoms with Crippen LogP contribution < -0.4 is 11.1 Å². The van der Waals surface area contributed by atoms with Crippen molar-refractivity contribution in [1.29, 1.82) is 0 Å². The number of nitrogens with zero attached hydrogens (tertiary/aromatic N) is 1. The minimum atomic E-state index is -0.570. The molecule has 0 aliphatic heterocycles. The Balaban J connectivity index is 2.50. The second kappa shape index (κ2) is 8.32. The third-order valence-corrected chi connectivity index (χ3v) is 3.21. The number of amides is 2. The third kappa shape index (κ3) is 5.01. The Morgan fingerprint density at radius 2 is 1.95 bits per heavy atom. The highest BCUT2D eigenvalue weighted by molar-refractivity contribution is 5.87. The lowest BCUT2D eigenvalue weighted by Crippen LogP contribution is -2.47. The van der Waals surface area contributed by atoms with Gasteiger partial charge < -0.3 is 16.0 Å². The Hall–Kier alpha value is -1.88. The highest BCUT2D eigenvalue weighted by atomic mass is 16.2. The van der Waals surface area contributed by atoms with Gasteiger partial charge in [-0.15, -0.1) is 0 Å². The van der Waals surface area contributed by atoms with E-state index < -0.39 is 6.04 Å². The van der Waals surface area contributed by atoms with E-state index in [0.29, 0.717) is 13.0 Å². The first-order valence-electron chi connectivity index (χ1n) is 6.87. The molecule has 3 N–H and O–H groups in total. The Morgan fingerprint density at radius 3 is 2.50 bits per heavy atom. The van der Waals surface area contributed by atoms with Gasteiger partial charge in [-0.1, -0.05) is 30.3 Å². The second-order valence-corrected chi connectivity index (χ2v) is 4.66. The molecule has 0 heterocycles. The number of benzene rings is 1. The van der Waals surface area contributed by atoms with Crippen LogP contribution in [0.1, 0.15) is 18.9 Å². The van der Waals surface area contributed by atoms with E-state index in [2.05, 4.69) is 5.32 Å². The number of hydrogen-bond acceptors (Lipinski definition) is 3. The monoisotopic (exact) mass is 277 g/mol. The van der Waals surface area contributed by atoms with Gasteiger partial charge in [0.15, 0.2) is 0 Å². The SMILES string of the molecule is CCN(CC(=O)NC)C(=O)C(N)CCc1ccccc1. The molecule has 5 heteroatoms. The quantitative estimate of drug-likeness (QED) is 0.764. The van der Waals surface area contributed by atoms with Gasteiger partial charge in [-0.05, 0) is 25.3 Å². The molecule has 5 nitrogen and oxygen atoms in total. The fraction of sp³-hybridized carbons (Fsp3) is 0.467. The van der Waals surface area contributed by atoms with Gasteiger partial charge in [-0.3, -0.25) is 9.59 Å². The van der Waals surface area contributed by atoms with Crippen molar-refractivity contribution in [3.63, 3.8) is 0 Å². The zero-order chi connectivity index (χ0) is 15.0. The van der Waals surface area contributed by atoms with Gasteiger partial charge in [0.05, 0.1) is 12.6 Å². The van der Waals surface area contributed by atoms with Crippen molar-refractivity contribution in [2.45, 2.75) is 25.8 Å². The number of nitrogens with one attached hydrogen (secondary N) is 1. The van der Waals surface area contributed by atoms with Crippen molar-refractivity contribution >= 4 is 11.8 Å². The molecule has 0 saturated heterocycles. The van der Waals surface area contributed by atoms with Gasteiger partial charge in [0.2, 0.25) is 11.8 Å². The molecule has 0 radical (unpaired) electrons. The number of hydrogen-bond donors (Lipinski definition) is 2. The summed E-state index contributed by atoms with van der Waals surface area (Å²) in [5.41, 5.74) is 7.09. The first-order chi connectivity index (χ1) is 9.58. The highest BCUT2D eigenvalue weighted by Gasteiger charge is 2.21. The molecule has 0 aliphatic carbocycles. The van der Waals surface area contributed by atoms with Gasteiger partial charge in [0.1, 0.15) is 0 Å². The summed E-state index contributed by atoms with van der Waals surface area (Å²) in [6.07, 6.45) is 1.33. The molecule has 0 aromatic heterocycles. The minimum absolute atomic E-state index is 0.0604. The maximum atomic E-state index is 12.2. The largest absolute Gasteiger partial charge is 0.358 e. The summed E-state index contributed by atoms with van der Waals surface area (Å²) >= 11 is 0. The van der Waals surface area contributed by atoms with E-state index in [1.54, 1.807) is 7.05 Å². The average Bonchev–Trinajstić information content (AvgIpc) is 2.50. The first-order valence-corrected chi connectivity index (χ1v) is 6.87. The van der Waals surface area contributed by atoms with Crippen molar-refractivity contribution in [3.05, 3.63) is 35.9 Å². The molecule has 0 spiro atoms. The van der Waals surface area contributed by atoms with Crippen LogP contribution in [0.15, 0.2) is 30.3 Å². The van der Waals surface area contributed by atoms with E-state index in [4.69, 9.17) is 5.73 Å². The van der Waals surface area contributed by atoms with Gasteiger partial charge in [0, 0.05) is 13.6 Å². The summed E-state index contributed by atoms with van der Waals surface area (Å²) in [6, 6.07) is 9.34. The Labute approximate surface area is 120 Å². The fourth-order valence-electron chi connectivity index (χ4n) is 1.92. The zero-order valence-corrected chi connectivity index (χ0v) is 12.1. The molecule has 110 valence electrons. The third-order valence-electron chi connectivity index (χ3n) is 3.21. The molecule has 2 amide bonds. The number of likely N-dealkylation sites (N-methyl/N-ethyl adjacent to an activating group) is 2. The number of carbonyl (C=O) groups is 2. The molecule has 0 fully saturated rings. The van der Waals surface area contributed by atoms with E-state index in [0.717, 1.165) is 12.0 Å². The van der Waals surface area contributed by atoms with Crippen LogP contribution in [0.5, 0.6) is 0 Å². The van der Waals surface area contributed by atoms with Gasteiger partial charge >= 0.3 is 0 Å². The molecule has 1 aromatic rings. The predicted octanol–water partition coefficient (Wildman–Crippen LogP) is 0.541. The molecule has 1 atom stereocenters. The molecule has 0 aliphatic rings. The Morgan fingerprint density at radius 1 is 1.30 bits per heavy atom.